The van der Waals surface area contributed by atoms with Gasteiger partial charge in [-0.25, -0.2) is 0 Å². The molecule has 144 valence electrons. The molecule has 3 aromatic rings. The number of hydrazone groups is 1. The molecule has 0 saturated heterocycles. The van der Waals surface area contributed by atoms with Crippen LogP contribution in [0.3, 0.4) is 0 Å². The van der Waals surface area contributed by atoms with Gasteiger partial charge in [-0.2, -0.15) is 18.4 Å². The lowest BCUT2D eigenvalue weighted by Crippen LogP contribution is -2.18. The molecule has 0 atom stereocenters. The Balaban J connectivity index is 1.73. The standard InChI is InChI=1S/C17H11Cl2N3O5S/c18-12-3-7-15(19)17(9-12)28(25,26)21-20-10-14-6-8-16(27-14)11-1-4-13(5-2-11)22(23)24/h1-10,21H/b20-10-. The van der Waals surface area contributed by atoms with Crippen LogP contribution in [0.5, 0.6) is 0 Å². The molecule has 0 fully saturated rings. The second-order valence-electron chi connectivity index (χ2n) is 5.43. The lowest BCUT2D eigenvalue weighted by Gasteiger charge is -2.05. The Kier molecular flexibility index (Phi) is 5.68. The largest absolute Gasteiger partial charge is 0.455 e. The number of hydrogen-bond acceptors (Lipinski definition) is 6. The minimum atomic E-state index is -4.01. The zero-order valence-electron chi connectivity index (χ0n) is 13.9. The number of sulfonamides is 1. The summed E-state index contributed by atoms with van der Waals surface area (Å²) in [6.45, 7) is 0. The number of benzene rings is 2. The molecule has 8 nitrogen and oxygen atoms in total. The first kappa shape index (κ1) is 19.9. The van der Waals surface area contributed by atoms with Crippen LogP contribution in [0.25, 0.3) is 11.3 Å². The lowest BCUT2D eigenvalue weighted by molar-refractivity contribution is -0.384. The van der Waals surface area contributed by atoms with Crippen molar-refractivity contribution in [1.29, 1.82) is 0 Å². The second kappa shape index (κ2) is 8.01. The number of nitrogens with one attached hydrogen (secondary N) is 1. The van der Waals surface area contributed by atoms with Crippen LogP contribution in [0.1, 0.15) is 5.76 Å². The fourth-order valence-electron chi connectivity index (χ4n) is 2.22. The number of rotatable bonds is 6. The molecule has 0 radical (unpaired) electrons. The predicted octanol–water partition coefficient (Wildman–Crippen LogP) is 4.47. The minimum Gasteiger partial charge on any atom is -0.455 e. The molecule has 0 bridgehead atoms. The molecule has 1 aromatic heterocycles. The molecule has 3 rings (SSSR count). The molecule has 2 aromatic carbocycles. The SMILES string of the molecule is O=[N+]([O-])c1ccc(-c2ccc(/C=N\NS(=O)(=O)c3cc(Cl)ccc3Cl)o2)cc1. The Morgan fingerprint density at radius 2 is 1.79 bits per heavy atom. The van der Waals surface area contributed by atoms with Crippen molar-refractivity contribution in [2.45, 2.75) is 4.90 Å². The highest BCUT2D eigenvalue weighted by Gasteiger charge is 2.17. The molecule has 0 aliphatic rings. The fraction of sp³-hybridized carbons (Fsp3) is 0. The van der Waals surface area contributed by atoms with E-state index in [0.717, 1.165) is 0 Å². The average Bonchev–Trinajstić information content (AvgIpc) is 3.12. The van der Waals surface area contributed by atoms with Gasteiger partial charge in [0, 0.05) is 22.7 Å². The number of nitro groups is 1. The normalized spacial score (nSPS) is 11.6. The maximum absolute atomic E-state index is 12.3. The number of nitro benzene ring substituents is 1. The van der Waals surface area contributed by atoms with Crippen molar-refractivity contribution in [1.82, 2.24) is 4.83 Å². The Labute approximate surface area is 169 Å². The highest BCUT2D eigenvalue weighted by atomic mass is 35.5. The third-order valence-corrected chi connectivity index (χ3v) is 5.48. The van der Waals surface area contributed by atoms with Crippen LogP contribution in [0.15, 0.2) is 69.0 Å². The first-order valence-electron chi connectivity index (χ1n) is 7.61. The van der Waals surface area contributed by atoms with Gasteiger partial charge in [0.05, 0.1) is 16.2 Å². The Bertz CT molecular complexity index is 1160. The molecule has 11 heteroatoms. The molecule has 1 heterocycles. The Hall–Kier alpha value is -2.88. The Morgan fingerprint density at radius 1 is 1.07 bits per heavy atom. The monoisotopic (exact) mass is 439 g/mol. The third kappa shape index (κ3) is 4.50. The number of furan rings is 1. The molecular weight excluding hydrogens is 429 g/mol. The van der Waals surface area contributed by atoms with E-state index in [2.05, 4.69) is 5.10 Å². The molecule has 28 heavy (non-hydrogen) atoms. The van der Waals surface area contributed by atoms with Crippen LogP contribution in [0.2, 0.25) is 10.0 Å². The molecule has 0 saturated carbocycles. The summed E-state index contributed by atoms with van der Waals surface area (Å²) in [5, 5.41) is 14.6. The topological polar surface area (TPSA) is 115 Å². The molecule has 0 spiro atoms. The van der Waals surface area contributed by atoms with Gasteiger partial charge in [0.2, 0.25) is 0 Å². The summed E-state index contributed by atoms with van der Waals surface area (Å²) in [7, 11) is -4.01. The van der Waals surface area contributed by atoms with Crippen LogP contribution in [0.4, 0.5) is 5.69 Å². The highest BCUT2D eigenvalue weighted by molar-refractivity contribution is 7.89. The molecule has 0 aliphatic heterocycles. The van der Waals surface area contributed by atoms with Crippen LogP contribution in [-0.4, -0.2) is 19.6 Å². The summed E-state index contributed by atoms with van der Waals surface area (Å²) in [5.41, 5.74) is 0.586. The van der Waals surface area contributed by atoms with E-state index in [0.29, 0.717) is 11.3 Å². The van der Waals surface area contributed by atoms with Gasteiger partial charge in [0.15, 0.2) is 0 Å². The summed E-state index contributed by atoms with van der Waals surface area (Å²) in [4.78, 5) is 12.0. The van der Waals surface area contributed by atoms with Gasteiger partial charge in [0.1, 0.15) is 16.4 Å². The van der Waals surface area contributed by atoms with Crippen molar-refractivity contribution < 1.29 is 17.8 Å². The van der Waals surface area contributed by atoms with Crippen molar-refractivity contribution in [3.05, 3.63) is 80.5 Å². The van der Waals surface area contributed by atoms with E-state index in [-0.39, 0.29) is 26.4 Å². The summed E-state index contributed by atoms with van der Waals surface area (Å²) >= 11 is 11.7. The van der Waals surface area contributed by atoms with Crippen LogP contribution in [-0.2, 0) is 10.0 Å². The smallest absolute Gasteiger partial charge is 0.278 e. The van der Waals surface area contributed by atoms with Crippen LogP contribution in [0, 0.1) is 10.1 Å². The zero-order chi connectivity index (χ0) is 20.3. The van der Waals surface area contributed by atoms with Gasteiger partial charge < -0.3 is 4.42 Å². The van der Waals surface area contributed by atoms with E-state index in [1.165, 1.54) is 36.5 Å². The number of nitrogens with zero attached hydrogens (tertiary/aromatic N) is 2. The quantitative estimate of drug-likeness (QED) is 0.345. The van der Waals surface area contributed by atoms with E-state index in [1.807, 2.05) is 4.83 Å². The summed E-state index contributed by atoms with van der Waals surface area (Å²) in [5.74, 6) is 0.713. The fourth-order valence-corrected chi connectivity index (χ4v) is 3.77. The summed E-state index contributed by atoms with van der Waals surface area (Å²) < 4.78 is 30.0. The van der Waals surface area contributed by atoms with E-state index in [9.17, 15) is 18.5 Å². The van der Waals surface area contributed by atoms with Gasteiger partial charge in [-0.15, -0.1) is 0 Å². The molecule has 0 unspecified atom stereocenters. The molecule has 0 aliphatic carbocycles. The van der Waals surface area contributed by atoms with E-state index in [4.69, 9.17) is 27.6 Å². The Morgan fingerprint density at radius 3 is 2.46 bits per heavy atom. The van der Waals surface area contributed by atoms with Gasteiger partial charge in [0.25, 0.3) is 15.7 Å². The first-order chi connectivity index (χ1) is 13.3. The minimum absolute atomic E-state index is 0.00514. The van der Waals surface area contributed by atoms with Crippen LogP contribution < -0.4 is 4.83 Å². The number of hydrogen-bond donors (Lipinski definition) is 1. The maximum Gasteiger partial charge on any atom is 0.278 e. The predicted molar refractivity (Wildman–Crippen MR) is 105 cm³/mol. The molecule has 1 N–H and O–H groups in total. The first-order valence-corrected chi connectivity index (χ1v) is 9.85. The van der Waals surface area contributed by atoms with E-state index >= 15 is 0 Å². The van der Waals surface area contributed by atoms with Crippen molar-refractivity contribution in [3.63, 3.8) is 0 Å². The number of non-ortho nitro benzene ring substituents is 1. The summed E-state index contributed by atoms with van der Waals surface area (Å²) in [6.07, 6.45) is 1.17. The second-order valence-corrected chi connectivity index (χ2v) is 7.91. The van der Waals surface area contributed by atoms with Gasteiger partial charge in [-0.1, -0.05) is 23.2 Å². The van der Waals surface area contributed by atoms with E-state index in [1.54, 1.807) is 24.3 Å². The van der Waals surface area contributed by atoms with Gasteiger partial charge >= 0.3 is 0 Å². The number of halogens is 2. The van der Waals surface area contributed by atoms with Gasteiger partial charge in [-0.3, -0.25) is 10.1 Å². The van der Waals surface area contributed by atoms with Crippen molar-refractivity contribution in [2.75, 3.05) is 0 Å². The van der Waals surface area contributed by atoms with E-state index < -0.39 is 14.9 Å². The zero-order valence-corrected chi connectivity index (χ0v) is 16.2. The van der Waals surface area contributed by atoms with Crippen molar-refractivity contribution in [3.8, 4) is 11.3 Å². The lowest BCUT2D eigenvalue weighted by atomic mass is 10.1. The summed E-state index contributed by atoms with van der Waals surface area (Å²) in [6, 6.07) is 13.0. The maximum atomic E-state index is 12.3. The molecule has 0 amide bonds. The average molecular weight is 440 g/mol. The van der Waals surface area contributed by atoms with Crippen LogP contribution >= 0.6 is 23.2 Å². The molecular formula is C17H11Cl2N3O5S. The highest BCUT2D eigenvalue weighted by Crippen LogP contribution is 2.25. The van der Waals surface area contributed by atoms with Gasteiger partial charge in [-0.05, 0) is 42.5 Å². The van der Waals surface area contributed by atoms with Crippen molar-refractivity contribution in [2.24, 2.45) is 5.10 Å². The van der Waals surface area contributed by atoms with Crippen molar-refractivity contribution >= 4 is 45.1 Å². The third-order valence-electron chi connectivity index (χ3n) is 3.54.